The van der Waals surface area contributed by atoms with Crippen LogP contribution in [0.4, 0.5) is 0 Å². The minimum atomic E-state index is -0.446. The molecule has 5 heteroatoms. The third-order valence-corrected chi connectivity index (χ3v) is 4.15. The van der Waals surface area contributed by atoms with Crippen molar-refractivity contribution in [3.05, 3.63) is 34.3 Å². The van der Waals surface area contributed by atoms with E-state index in [2.05, 4.69) is 21.2 Å². The first kappa shape index (κ1) is 14.1. The number of rotatable bonds is 3. The molecular formula is C14H17BrN2O2. The highest BCUT2D eigenvalue weighted by Gasteiger charge is 2.37. The lowest BCUT2D eigenvalue weighted by atomic mass is 10.0. The molecular weight excluding hydrogens is 308 g/mol. The summed E-state index contributed by atoms with van der Waals surface area (Å²) in [6.45, 7) is 4.09. The predicted molar refractivity (Wildman–Crippen MR) is 76.4 cm³/mol. The van der Waals surface area contributed by atoms with Gasteiger partial charge in [0, 0.05) is 11.0 Å². The number of carbonyl (C=O) groups is 2. The molecule has 102 valence electrons. The molecule has 1 aromatic carbocycles. The van der Waals surface area contributed by atoms with Gasteiger partial charge in [-0.3, -0.25) is 9.59 Å². The second-order valence-electron chi connectivity index (χ2n) is 4.71. The molecule has 1 fully saturated rings. The number of halogens is 1. The third-order valence-electron chi connectivity index (χ3n) is 3.38. The Morgan fingerprint density at radius 1 is 1.32 bits per heavy atom. The van der Waals surface area contributed by atoms with E-state index in [9.17, 15) is 9.59 Å². The predicted octanol–water partition coefficient (Wildman–Crippen LogP) is 2.07. The number of amides is 2. The number of hydrogen-bond acceptors (Lipinski definition) is 2. The Hall–Kier alpha value is -1.36. The molecule has 1 saturated heterocycles. The maximum atomic E-state index is 12.3. The van der Waals surface area contributed by atoms with Crippen molar-refractivity contribution in [2.45, 2.75) is 38.9 Å². The Labute approximate surface area is 121 Å². The van der Waals surface area contributed by atoms with Gasteiger partial charge in [0.1, 0.15) is 12.1 Å². The summed E-state index contributed by atoms with van der Waals surface area (Å²) >= 11 is 3.48. The molecule has 2 rings (SSSR count). The second-order valence-corrected chi connectivity index (χ2v) is 5.57. The quantitative estimate of drug-likeness (QED) is 0.925. The molecule has 2 amide bonds. The minimum absolute atomic E-state index is 0.0257. The van der Waals surface area contributed by atoms with Crippen LogP contribution in [0.1, 0.15) is 25.8 Å². The fourth-order valence-electron chi connectivity index (χ4n) is 2.32. The lowest BCUT2D eigenvalue weighted by Crippen LogP contribution is -2.61. The van der Waals surface area contributed by atoms with Gasteiger partial charge in [-0.25, -0.2) is 0 Å². The van der Waals surface area contributed by atoms with Crippen LogP contribution in [0, 0.1) is 0 Å². The van der Waals surface area contributed by atoms with Crippen molar-refractivity contribution in [1.82, 2.24) is 10.2 Å². The first-order chi connectivity index (χ1) is 9.04. The van der Waals surface area contributed by atoms with Crippen molar-refractivity contribution in [2.24, 2.45) is 0 Å². The fourth-order valence-corrected chi connectivity index (χ4v) is 2.73. The van der Waals surface area contributed by atoms with Gasteiger partial charge in [0.05, 0.1) is 0 Å². The molecule has 2 atom stereocenters. The zero-order chi connectivity index (χ0) is 14.0. The molecule has 0 spiro atoms. The highest BCUT2D eigenvalue weighted by Crippen LogP contribution is 2.22. The molecule has 1 aromatic rings. The summed E-state index contributed by atoms with van der Waals surface area (Å²) in [6, 6.07) is 6.93. The summed E-state index contributed by atoms with van der Waals surface area (Å²) in [5.74, 6) is -0.0937. The highest BCUT2D eigenvalue weighted by molar-refractivity contribution is 9.10. The van der Waals surface area contributed by atoms with Crippen LogP contribution < -0.4 is 5.32 Å². The van der Waals surface area contributed by atoms with Crippen molar-refractivity contribution in [1.29, 1.82) is 0 Å². The lowest BCUT2D eigenvalue weighted by molar-refractivity contribution is -0.149. The Balaban J connectivity index is 2.27. The van der Waals surface area contributed by atoms with Gasteiger partial charge in [-0.05, 0) is 25.0 Å². The Bertz CT molecular complexity index is 504. The van der Waals surface area contributed by atoms with Crippen LogP contribution in [0.3, 0.4) is 0 Å². The van der Waals surface area contributed by atoms with Gasteiger partial charge in [0.25, 0.3) is 0 Å². The lowest BCUT2D eigenvalue weighted by Gasteiger charge is -2.37. The topological polar surface area (TPSA) is 49.4 Å². The maximum absolute atomic E-state index is 12.3. The molecule has 19 heavy (non-hydrogen) atoms. The summed E-state index contributed by atoms with van der Waals surface area (Å²) in [7, 11) is 0. The summed E-state index contributed by atoms with van der Waals surface area (Å²) < 4.78 is 0.955. The summed E-state index contributed by atoms with van der Waals surface area (Å²) in [5.41, 5.74) is 1.01. The largest absolute Gasteiger partial charge is 0.343 e. The summed E-state index contributed by atoms with van der Waals surface area (Å²) in [5, 5.41) is 2.72. The molecule has 1 aliphatic rings. The van der Waals surface area contributed by atoms with Crippen LogP contribution in [0.15, 0.2) is 28.7 Å². The monoisotopic (exact) mass is 324 g/mol. The van der Waals surface area contributed by atoms with Crippen molar-refractivity contribution in [3.8, 4) is 0 Å². The number of nitrogens with one attached hydrogen (secondary N) is 1. The molecule has 0 bridgehead atoms. The molecule has 4 nitrogen and oxygen atoms in total. The number of nitrogens with zero attached hydrogens (tertiary/aromatic N) is 1. The van der Waals surface area contributed by atoms with Crippen LogP contribution in [0.5, 0.6) is 0 Å². The zero-order valence-electron chi connectivity index (χ0n) is 11.0. The van der Waals surface area contributed by atoms with Crippen molar-refractivity contribution in [2.75, 3.05) is 0 Å². The van der Waals surface area contributed by atoms with Gasteiger partial charge in [-0.2, -0.15) is 0 Å². The normalized spacial score (nSPS) is 23.4. The first-order valence-electron chi connectivity index (χ1n) is 6.38. The van der Waals surface area contributed by atoms with Crippen LogP contribution in [-0.4, -0.2) is 28.8 Å². The van der Waals surface area contributed by atoms with Gasteiger partial charge in [-0.1, -0.05) is 41.1 Å². The smallest absolute Gasteiger partial charge is 0.245 e. The summed E-state index contributed by atoms with van der Waals surface area (Å²) in [6.07, 6.45) is 0.620. The van der Waals surface area contributed by atoms with Crippen LogP contribution >= 0.6 is 15.9 Å². The van der Waals surface area contributed by atoms with Gasteiger partial charge >= 0.3 is 0 Å². The number of carbonyl (C=O) groups excluding carboxylic acids is 2. The van der Waals surface area contributed by atoms with E-state index in [1.54, 1.807) is 11.8 Å². The fraction of sp³-hybridized carbons (Fsp3) is 0.429. The van der Waals surface area contributed by atoms with Gasteiger partial charge in [0.15, 0.2) is 0 Å². The van der Waals surface area contributed by atoms with E-state index in [-0.39, 0.29) is 17.9 Å². The van der Waals surface area contributed by atoms with Crippen molar-refractivity contribution >= 4 is 27.7 Å². The van der Waals surface area contributed by atoms with E-state index in [0.717, 1.165) is 10.0 Å². The first-order valence-corrected chi connectivity index (χ1v) is 7.18. The molecule has 1 heterocycles. The molecule has 0 aliphatic carbocycles. The number of hydrogen-bond donors (Lipinski definition) is 1. The zero-order valence-corrected chi connectivity index (χ0v) is 12.6. The van der Waals surface area contributed by atoms with E-state index < -0.39 is 6.04 Å². The maximum Gasteiger partial charge on any atom is 0.245 e. The SMILES string of the molecule is CCC1C(=O)NC(C)C(=O)N1Cc1ccccc1Br. The van der Waals surface area contributed by atoms with Gasteiger partial charge in [-0.15, -0.1) is 0 Å². The standard InChI is InChI=1S/C14H17BrN2O2/c1-3-12-13(18)16-9(2)14(19)17(12)8-10-6-4-5-7-11(10)15/h4-7,9,12H,3,8H2,1-2H3,(H,16,18). The highest BCUT2D eigenvalue weighted by atomic mass is 79.9. The van der Waals surface area contributed by atoms with Crippen molar-refractivity contribution < 1.29 is 9.59 Å². The van der Waals surface area contributed by atoms with E-state index >= 15 is 0 Å². The molecule has 0 saturated carbocycles. The Kier molecular flexibility index (Phi) is 4.24. The average molecular weight is 325 g/mol. The van der Waals surface area contributed by atoms with Crippen LogP contribution in [0.25, 0.3) is 0 Å². The van der Waals surface area contributed by atoms with E-state index in [1.807, 2.05) is 31.2 Å². The number of piperazine rings is 1. The van der Waals surface area contributed by atoms with Crippen molar-refractivity contribution in [3.63, 3.8) is 0 Å². The van der Waals surface area contributed by atoms with Gasteiger partial charge < -0.3 is 10.2 Å². The Morgan fingerprint density at radius 3 is 2.63 bits per heavy atom. The van der Waals surface area contributed by atoms with E-state index in [4.69, 9.17) is 0 Å². The molecule has 0 aromatic heterocycles. The molecule has 0 radical (unpaired) electrons. The second kappa shape index (κ2) is 5.74. The molecule has 2 unspecified atom stereocenters. The average Bonchev–Trinajstić information content (AvgIpc) is 2.38. The third kappa shape index (κ3) is 2.81. The summed E-state index contributed by atoms with van der Waals surface area (Å²) in [4.78, 5) is 25.9. The molecule has 1 aliphatic heterocycles. The number of benzene rings is 1. The van der Waals surface area contributed by atoms with E-state index in [1.165, 1.54) is 0 Å². The minimum Gasteiger partial charge on any atom is -0.343 e. The van der Waals surface area contributed by atoms with Gasteiger partial charge in [0.2, 0.25) is 11.8 Å². The van der Waals surface area contributed by atoms with E-state index in [0.29, 0.717) is 13.0 Å². The van der Waals surface area contributed by atoms with Crippen LogP contribution in [0.2, 0.25) is 0 Å². The molecule has 1 N–H and O–H groups in total. The van der Waals surface area contributed by atoms with Crippen LogP contribution in [-0.2, 0) is 16.1 Å². The Morgan fingerprint density at radius 2 is 2.00 bits per heavy atom.